The first-order valence-electron chi connectivity index (χ1n) is 4.36. The third kappa shape index (κ3) is 3.58. The Labute approximate surface area is 94.0 Å². The first-order chi connectivity index (χ1) is 7.00. The van der Waals surface area contributed by atoms with Crippen molar-refractivity contribution in [2.75, 3.05) is 0 Å². The zero-order chi connectivity index (χ0) is 11.4. The van der Waals surface area contributed by atoms with Gasteiger partial charge in [0.05, 0.1) is 4.47 Å². The molecule has 2 nitrogen and oxygen atoms in total. The van der Waals surface area contributed by atoms with Crippen molar-refractivity contribution in [3.8, 4) is 0 Å². The summed E-state index contributed by atoms with van der Waals surface area (Å²) in [6, 6.07) is 2.12. The number of aliphatic carboxylic acids is 1. The third-order valence-electron chi connectivity index (χ3n) is 1.91. The molecule has 1 aromatic carbocycles. The van der Waals surface area contributed by atoms with Crippen molar-refractivity contribution in [3.63, 3.8) is 0 Å². The minimum Gasteiger partial charge on any atom is -0.481 e. The Morgan fingerprint density at radius 2 is 2.07 bits per heavy atom. The van der Waals surface area contributed by atoms with Crippen molar-refractivity contribution in [2.45, 2.75) is 19.3 Å². The number of hydrogen-bond donors (Lipinski definition) is 1. The van der Waals surface area contributed by atoms with E-state index in [4.69, 9.17) is 5.11 Å². The SMILES string of the molecule is O=C(O)CCCc1cc(F)cc(Br)c1F. The molecule has 0 aliphatic rings. The van der Waals surface area contributed by atoms with E-state index in [0.29, 0.717) is 6.42 Å². The van der Waals surface area contributed by atoms with E-state index < -0.39 is 17.6 Å². The van der Waals surface area contributed by atoms with Crippen molar-refractivity contribution in [1.82, 2.24) is 0 Å². The summed E-state index contributed by atoms with van der Waals surface area (Å²) in [5.41, 5.74) is 0.197. The highest BCUT2D eigenvalue weighted by molar-refractivity contribution is 9.10. The molecule has 1 N–H and O–H groups in total. The fourth-order valence-electron chi connectivity index (χ4n) is 1.22. The van der Waals surface area contributed by atoms with Crippen molar-refractivity contribution in [1.29, 1.82) is 0 Å². The highest BCUT2D eigenvalue weighted by Crippen LogP contribution is 2.22. The monoisotopic (exact) mass is 278 g/mol. The maximum Gasteiger partial charge on any atom is 0.303 e. The second kappa shape index (κ2) is 5.21. The number of benzene rings is 1. The smallest absolute Gasteiger partial charge is 0.303 e. The molecule has 15 heavy (non-hydrogen) atoms. The predicted molar refractivity (Wildman–Crippen MR) is 54.6 cm³/mol. The highest BCUT2D eigenvalue weighted by atomic mass is 79.9. The molecule has 0 atom stereocenters. The van der Waals surface area contributed by atoms with Crippen LogP contribution in [0.15, 0.2) is 16.6 Å². The van der Waals surface area contributed by atoms with E-state index in [1.807, 2.05) is 0 Å². The van der Waals surface area contributed by atoms with Crippen molar-refractivity contribution in [3.05, 3.63) is 33.8 Å². The summed E-state index contributed by atoms with van der Waals surface area (Å²) in [6.45, 7) is 0. The fourth-order valence-corrected chi connectivity index (χ4v) is 1.69. The Kier molecular flexibility index (Phi) is 4.20. The number of hydrogen-bond acceptors (Lipinski definition) is 1. The Morgan fingerprint density at radius 1 is 1.40 bits per heavy atom. The lowest BCUT2D eigenvalue weighted by Crippen LogP contribution is -1.98. The lowest BCUT2D eigenvalue weighted by Gasteiger charge is -2.04. The number of carbonyl (C=O) groups is 1. The van der Waals surface area contributed by atoms with Gasteiger partial charge in [0.1, 0.15) is 11.6 Å². The van der Waals surface area contributed by atoms with Gasteiger partial charge in [-0.1, -0.05) is 0 Å². The highest BCUT2D eigenvalue weighted by Gasteiger charge is 2.09. The van der Waals surface area contributed by atoms with Crippen LogP contribution in [0, 0.1) is 11.6 Å². The van der Waals surface area contributed by atoms with E-state index in [-0.39, 0.29) is 22.9 Å². The summed E-state index contributed by atoms with van der Waals surface area (Å²) in [5.74, 6) is -2.00. The van der Waals surface area contributed by atoms with Crippen LogP contribution in [-0.4, -0.2) is 11.1 Å². The summed E-state index contributed by atoms with van der Waals surface area (Å²) in [5, 5.41) is 8.39. The van der Waals surface area contributed by atoms with Gasteiger partial charge in [-0.3, -0.25) is 4.79 Å². The van der Waals surface area contributed by atoms with Crippen LogP contribution in [0.4, 0.5) is 8.78 Å². The Bertz CT molecular complexity index is 380. The van der Waals surface area contributed by atoms with Crippen LogP contribution in [0.5, 0.6) is 0 Å². The van der Waals surface area contributed by atoms with Gasteiger partial charge in [-0.15, -0.1) is 0 Å². The van der Waals surface area contributed by atoms with Gasteiger partial charge in [-0.2, -0.15) is 0 Å². The Hall–Kier alpha value is -0.970. The zero-order valence-electron chi connectivity index (χ0n) is 7.77. The van der Waals surface area contributed by atoms with Crippen LogP contribution in [0.3, 0.4) is 0 Å². The van der Waals surface area contributed by atoms with Gasteiger partial charge in [0.2, 0.25) is 0 Å². The summed E-state index contributed by atoms with van der Waals surface area (Å²) in [6.07, 6.45) is 0.463. The molecule has 0 bridgehead atoms. The molecule has 0 radical (unpaired) electrons. The third-order valence-corrected chi connectivity index (χ3v) is 2.48. The second-order valence-corrected chi connectivity index (χ2v) is 3.96. The molecule has 0 saturated carbocycles. The van der Waals surface area contributed by atoms with Crippen LogP contribution in [-0.2, 0) is 11.2 Å². The van der Waals surface area contributed by atoms with Gasteiger partial charge in [0.15, 0.2) is 0 Å². The minimum atomic E-state index is -0.939. The molecule has 0 heterocycles. The van der Waals surface area contributed by atoms with E-state index in [1.165, 1.54) is 0 Å². The standard InChI is InChI=1S/C10H9BrF2O2/c11-8-5-7(12)4-6(10(8)13)2-1-3-9(14)15/h4-5H,1-3H2,(H,14,15). The number of carboxylic acid groups (broad SMARTS) is 1. The zero-order valence-corrected chi connectivity index (χ0v) is 9.35. The average Bonchev–Trinajstić information content (AvgIpc) is 2.12. The van der Waals surface area contributed by atoms with Crippen molar-refractivity contribution in [2.24, 2.45) is 0 Å². The molecule has 0 amide bonds. The average molecular weight is 279 g/mol. The number of aryl methyl sites for hydroxylation is 1. The van der Waals surface area contributed by atoms with E-state index in [1.54, 1.807) is 0 Å². The molecule has 0 aromatic heterocycles. The van der Waals surface area contributed by atoms with Crippen molar-refractivity contribution >= 4 is 21.9 Å². The summed E-state index contributed by atoms with van der Waals surface area (Å²) >= 11 is 2.89. The number of halogens is 3. The van der Waals surface area contributed by atoms with Gasteiger partial charge < -0.3 is 5.11 Å². The van der Waals surface area contributed by atoms with Gasteiger partial charge in [-0.05, 0) is 46.5 Å². The molecule has 1 rings (SSSR count). The van der Waals surface area contributed by atoms with Gasteiger partial charge in [0.25, 0.3) is 0 Å². The van der Waals surface area contributed by atoms with E-state index >= 15 is 0 Å². The Morgan fingerprint density at radius 3 is 2.67 bits per heavy atom. The topological polar surface area (TPSA) is 37.3 Å². The molecular formula is C10H9BrF2O2. The molecule has 5 heteroatoms. The van der Waals surface area contributed by atoms with Gasteiger partial charge in [0, 0.05) is 6.42 Å². The normalized spacial score (nSPS) is 10.3. The van der Waals surface area contributed by atoms with Crippen LogP contribution >= 0.6 is 15.9 Å². The van der Waals surface area contributed by atoms with Crippen molar-refractivity contribution < 1.29 is 18.7 Å². The molecule has 0 saturated heterocycles. The van der Waals surface area contributed by atoms with Crippen LogP contribution in [0.1, 0.15) is 18.4 Å². The fraction of sp³-hybridized carbons (Fsp3) is 0.300. The van der Waals surface area contributed by atoms with Gasteiger partial charge >= 0.3 is 5.97 Å². The first-order valence-corrected chi connectivity index (χ1v) is 5.15. The maximum absolute atomic E-state index is 13.3. The minimum absolute atomic E-state index is 0.0480. The largest absolute Gasteiger partial charge is 0.481 e. The van der Waals surface area contributed by atoms with E-state index in [0.717, 1.165) is 12.1 Å². The van der Waals surface area contributed by atoms with Gasteiger partial charge in [-0.25, -0.2) is 8.78 Å². The van der Waals surface area contributed by atoms with Crippen LogP contribution < -0.4 is 0 Å². The summed E-state index contributed by atoms with van der Waals surface area (Å²) in [7, 11) is 0. The molecule has 0 aliphatic heterocycles. The molecule has 0 unspecified atom stereocenters. The first kappa shape index (κ1) is 12.1. The summed E-state index contributed by atoms with van der Waals surface area (Å²) < 4.78 is 26.3. The molecule has 82 valence electrons. The molecule has 0 aliphatic carbocycles. The van der Waals surface area contributed by atoms with E-state index in [2.05, 4.69) is 15.9 Å². The molecular weight excluding hydrogens is 270 g/mol. The predicted octanol–water partition coefficient (Wildman–Crippen LogP) is 3.13. The second-order valence-electron chi connectivity index (χ2n) is 3.11. The quantitative estimate of drug-likeness (QED) is 0.860. The van der Waals surface area contributed by atoms with Crippen LogP contribution in [0.2, 0.25) is 0 Å². The van der Waals surface area contributed by atoms with E-state index in [9.17, 15) is 13.6 Å². The molecule has 0 fully saturated rings. The lowest BCUT2D eigenvalue weighted by atomic mass is 10.1. The Balaban J connectivity index is 2.72. The summed E-state index contributed by atoms with van der Waals surface area (Å²) in [4.78, 5) is 10.2. The van der Waals surface area contributed by atoms with Crippen LogP contribution in [0.25, 0.3) is 0 Å². The lowest BCUT2D eigenvalue weighted by molar-refractivity contribution is -0.137. The number of rotatable bonds is 4. The maximum atomic E-state index is 13.3. The molecule has 0 spiro atoms. The molecule has 1 aromatic rings. The number of carboxylic acids is 1.